The van der Waals surface area contributed by atoms with Gasteiger partial charge in [-0.1, -0.05) is 36.4 Å². The maximum Gasteiger partial charge on any atom is 0.234 e. The summed E-state index contributed by atoms with van der Waals surface area (Å²) in [7, 11) is 0. The van der Waals surface area contributed by atoms with Gasteiger partial charge in [0.1, 0.15) is 11.6 Å². The second kappa shape index (κ2) is 9.58. The Labute approximate surface area is 195 Å². The van der Waals surface area contributed by atoms with E-state index in [9.17, 15) is 9.18 Å². The zero-order chi connectivity index (χ0) is 22.6. The maximum atomic E-state index is 13.6. The third-order valence-electron chi connectivity index (χ3n) is 5.54. The number of nitrogens with one attached hydrogen (secondary N) is 1. The Bertz CT molecular complexity index is 1280. The summed E-state index contributed by atoms with van der Waals surface area (Å²) >= 11 is 1.30. The van der Waals surface area contributed by atoms with Crippen molar-refractivity contribution < 1.29 is 9.18 Å². The lowest BCUT2D eigenvalue weighted by atomic mass is 10.2. The van der Waals surface area contributed by atoms with Crippen molar-refractivity contribution in [3.63, 3.8) is 0 Å². The van der Waals surface area contributed by atoms with Gasteiger partial charge in [-0.2, -0.15) is 0 Å². The minimum atomic E-state index is -0.320. The standard InChI is InChI=1S/C24H23FN6OS/c25-18-7-5-9-20(15-18)30-13-11-26-24(30)33-16-22(32)27-19-8-4-6-17(14-19)23-29-28-21-10-2-1-3-12-31(21)23/h4-9,11,13-15H,1-3,10,12,16H2,(H,27,32). The lowest BCUT2D eigenvalue weighted by molar-refractivity contribution is -0.113. The maximum absolute atomic E-state index is 13.6. The lowest BCUT2D eigenvalue weighted by Gasteiger charge is -2.10. The molecule has 0 saturated carbocycles. The van der Waals surface area contributed by atoms with Crippen LogP contribution in [0.4, 0.5) is 10.1 Å². The Hall–Kier alpha value is -3.46. The van der Waals surface area contributed by atoms with E-state index in [0.29, 0.717) is 16.5 Å². The molecule has 0 fully saturated rings. The molecule has 1 aliphatic rings. The highest BCUT2D eigenvalue weighted by Crippen LogP contribution is 2.26. The summed E-state index contributed by atoms with van der Waals surface area (Å²) in [6.45, 7) is 0.919. The highest BCUT2D eigenvalue weighted by Gasteiger charge is 2.16. The van der Waals surface area contributed by atoms with Crippen molar-refractivity contribution in [1.29, 1.82) is 0 Å². The fourth-order valence-corrected chi connectivity index (χ4v) is 4.75. The second-order valence-electron chi connectivity index (χ2n) is 7.88. The van der Waals surface area contributed by atoms with Gasteiger partial charge in [-0.25, -0.2) is 9.37 Å². The Morgan fingerprint density at radius 3 is 2.91 bits per heavy atom. The van der Waals surface area contributed by atoms with Gasteiger partial charge in [0, 0.05) is 36.6 Å². The SMILES string of the molecule is O=C(CSc1nccn1-c1cccc(F)c1)Nc1cccc(-c2nnc3n2CCCCC3)c1. The number of thioether (sulfide) groups is 1. The number of aryl methyl sites for hydroxylation is 1. The smallest absolute Gasteiger partial charge is 0.234 e. The number of amides is 1. The number of imidazole rings is 1. The summed E-state index contributed by atoms with van der Waals surface area (Å²) in [5.41, 5.74) is 2.30. The molecule has 0 unspecified atom stereocenters. The van der Waals surface area contributed by atoms with Gasteiger partial charge in [-0.3, -0.25) is 9.36 Å². The minimum Gasteiger partial charge on any atom is -0.325 e. The fraction of sp³-hybridized carbons (Fsp3) is 0.250. The molecule has 0 saturated heterocycles. The molecule has 0 bridgehead atoms. The Morgan fingerprint density at radius 2 is 2.00 bits per heavy atom. The average Bonchev–Trinajstić information content (AvgIpc) is 3.39. The zero-order valence-corrected chi connectivity index (χ0v) is 18.8. The third-order valence-corrected chi connectivity index (χ3v) is 6.51. The van der Waals surface area contributed by atoms with Gasteiger partial charge in [0.05, 0.1) is 11.4 Å². The number of aromatic nitrogens is 5. The molecule has 2 aromatic heterocycles. The summed E-state index contributed by atoms with van der Waals surface area (Å²) in [6, 6.07) is 14.0. The predicted octanol–water partition coefficient (Wildman–Crippen LogP) is 4.73. The number of halogens is 1. The first-order chi connectivity index (χ1) is 16.2. The van der Waals surface area contributed by atoms with E-state index in [0.717, 1.165) is 43.0 Å². The zero-order valence-electron chi connectivity index (χ0n) is 17.9. The molecule has 0 radical (unpaired) electrons. The van der Waals surface area contributed by atoms with Crippen LogP contribution < -0.4 is 5.32 Å². The molecule has 0 atom stereocenters. The van der Waals surface area contributed by atoms with Crippen LogP contribution in [-0.4, -0.2) is 36.0 Å². The first-order valence-corrected chi connectivity index (χ1v) is 11.9. The van der Waals surface area contributed by atoms with Crippen LogP contribution in [0.15, 0.2) is 66.1 Å². The number of nitrogens with zero attached hydrogens (tertiary/aromatic N) is 5. The van der Waals surface area contributed by atoms with Crippen LogP contribution in [0.5, 0.6) is 0 Å². The number of rotatable bonds is 6. The number of hydrogen-bond acceptors (Lipinski definition) is 5. The molecule has 5 rings (SSSR count). The molecule has 3 heterocycles. The van der Waals surface area contributed by atoms with E-state index < -0.39 is 0 Å². The van der Waals surface area contributed by atoms with Crippen LogP contribution in [0.25, 0.3) is 17.1 Å². The molecule has 2 aromatic carbocycles. The Morgan fingerprint density at radius 1 is 1.09 bits per heavy atom. The summed E-state index contributed by atoms with van der Waals surface area (Å²) in [5, 5.41) is 12.3. The van der Waals surface area contributed by atoms with Gasteiger partial charge in [-0.05, 0) is 43.2 Å². The van der Waals surface area contributed by atoms with Crippen LogP contribution >= 0.6 is 11.8 Å². The van der Waals surface area contributed by atoms with Gasteiger partial charge < -0.3 is 9.88 Å². The van der Waals surface area contributed by atoms with E-state index in [1.165, 1.54) is 30.3 Å². The van der Waals surface area contributed by atoms with Crippen molar-refractivity contribution >= 4 is 23.4 Å². The Kier molecular flexibility index (Phi) is 6.21. The first-order valence-electron chi connectivity index (χ1n) is 10.9. The van der Waals surface area contributed by atoms with Gasteiger partial charge >= 0.3 is 0 Å². The summed E-state index contributed by atoms with van der Waals surface area (Å²) in [5.74, 6) is 1.58. The van der Waals surface area contributed by atoms with Crippen LogP contribution in [0.1, 0.15) is 25.1 Å². The number of anilines is 1. The van der Waals surface area contributed by atoms with Crippen LogP contribution in [0, 0.1) is 5.82 Å². The van der Waals surface area contributed by atoms with Gasteiger partial charge in [0.15, 0.2) is 11.0 Å². The molecule has 0 spiro atoms. The largest absolute Gasteiger partial charge is 0.325 e. The van der Waals surface area contributed by atoms with Crippen molar-refractivity contribution in [3.05, 3.63) is 72.6 Å². The molecule has 4 aromatic rings. The molecular weight excluding hydrogens is 439 g/mol. The van der Waals surface area contributed by atoms with Crippen molar-refractivity contribution in [3.8, 4) is 17.1 Å². The summed E-state index contributed by atoms with van der Waals surface area (Å²) < 4.78 is 17.5. The predicted molar refractivity (Wildman–Crippen MR) is 126 cm³/mol. The highest BCUT2D eigenvalue weighted by molar-refractivity contribution is 7.99. The van der Waals surface area contributed by atoms with Crippen LogP contribution in [-0.2, 0) is 17.8 Å². The van der Waals surface area contributed by atoms with E-state index >= 15 is 0 Å². The first kappa shape index (κ1) is 21.4. The number of carbonyl (C=O) groups excluding carboxylic acids is 1. The molecule has 7 nitrogen and oxygen atoms in total. The van der Waals surface area contributed by atoms with Crippen molar-refractivity contribution in [2.75, 3.05) is 11.1 Å². The highest BCUT2D eigenvalue weighted by atomic mass is 32.2. The topological polar surface area (TPSA) is 77.6 Å². The average molecular weight is 463 g/mol. The fourth-order valence-electron chi connectivity index (χ4n) is 3.98. The summed E-state index contributed by atoms with van der Waals surface area (Å²) in [4.78, 5) is 16.9. The van der Waals surface area contributed by atoms with Gasteiger partial charge in [-0.15, -0.1) is 10.2 Å². The van der Waals surface area contributed by atoms with E-state index in [-0.39, 0.29) is 17.5 Å². The minimum absolute atomic E-state index is 0.147. The normalized spacial score (nSPS) is 13.4. The number of benzene rings is 2. The molecule has 1 N–H and O–H groups in total. The van der Waals surface area contributed by atoms with E-state index in [1.807, 2.05) is 24.3 Å². The number of hydrogen-bond donors (Lipinski definition) is 1. The van der Waals surface area contributed by atoms with Crippen molar-refractivity contribution in [2.24, 2.45) is 0 Å². The second-order valence-corrected chi connectivity index (χ2v) is 8.82. The Balaban J connectivity index is 1.26. The lowest BCUT2D eigenvalue weighted by Crippen LogP contribution is -2.14. The summed E-state index contributed by atoms with van der Waals surface area (Å²) in [6.07, 6.45) is 7.80. The molecular formula is C24H23FN6OS. The quantitative estimate of drug-likeness (QED) is 0.419. The number of fused-ring (bicyclic) bond motifs is 1. The van der Waals surface area contributed by atoms with Gasteiger partial charge in [0.25, 0.3) is 0 Å². The van der Waals surface area contributed by atoms with E-state index in [2.05, 4.69) is 25.1 Å². The molecule has 1 aliphatic heterocycles. The van der Waals surface area contributed by atoms with Crippen molar-refractivity contribution in [2.45, 2.75) is 37.4 Å². The van der Waals surface area contributed by atoms with Gasteiger partial charge in [0.2, 0.25) is 5.91 Å². The van der Waals surface area contributed by atoms with E-state index in [1.54, 1.807) is 29.1 Å². The molecule has 0 aliphatic carbocycles. The third kappa shape index (κ3) is 4.83. The molecule has 33 heavy (non-hydrogen) atoms. The van der Waals surface area contributed by atoms with Crippen LogP contribution in [0.2, 0.25) is 0 Å². The van der Waals surface area contributed by atoms with E-state index in [4.69, 9.17) is 0 Å². The number of carbonyl (C=O) groups is 1. The van der Waals surface area contributed by atoms with Crippen molar-refractivity contribution in [1.82, 2.24) is 24.3 Å². The van der Waals surface area contributed by atoms with Crippen LogP contribution in [0.3, 0.4) is 0 Å². The molecule has 168 valence electrons. The molecule has 9 heteroatoms. The molecule has 1 amide bonds. The monoisotopic (exact) mass is 462 g/mol.